The summed E-state index contributed by atoms with van der Waals surface area (Å²) in [6, 6.07) is 0.236. The predicted molar refractivity (Wildman–Crippen MR) is 64.6 cm³/mol. The Labute approximate surface area is 94.2 Å². The topological polar surface area (TPSA) is 46.2 Å². The largest absolute Gasteiger partial charge is 0.393 e. The van der Waals surface area contributed by atoms with Crippen LogP contribution in [0.4, 0.5) is 0 Å². The molecule has 0 heterocycles. The van der Waals surface area contributed by atoms with E-state index in [0.717, 1.165) is 19.3 Å². The van der Waals surface area contributed by atoms with E-state index >= 15 is 0 Å². The van der Waals surface area contributed by atoms with Gasteiger partial charge in [0.1, 0.15) is 0 Å². The zero-order valence-corrected chi connectivity index (χ0v) is 10.7. The van der Waals surface area contributed by atoms with Gasteiger partial charge in [0.25, 0.3) is 0 Å². The van der Waals surface area contributed by atoms with Crippen LogP contribution >= 0.6 is 0 Å². The van der Waals surface area contributed by atoms with Crippen molar-refractivity contribution >= 4 is 0 Å². The van der Waals surface area contributed by atoms with Gasteiger partial charge in [-0.1, -0.05) is 27.7 Å². The maximum absolute atomic E-state index is 10.2. The molecule has 2 nitrogen and oxygen atoms in total. The highest BCUT2D eigenvalue weighted by molar-refractivity contribution is 4.93. The van der Waals surface area contributed by atoms with Gasteiger partial charge in [-0.15, -0.1) is 0 Å². The molecule has 90 valence electrons. The van der Waals surface area contributed by atoms with E-state index in [2.05, 4.69) is 27.7 Å². The van der Waals surface area contributed by atoms with Crippen molar-refractivity contribution in [2.75, 3.05) is 0 Å². The first kappa shape index (κ1) is 13.0. The first-order valence-electron chi connectivity index (χ1n) is 6.34. The number of nitrogens with two attached hydrogens (primary N) is 1. The van der Waals surface area contributed by atoms with Gasteiger partial charge in [-0.2, -0.15) is 0 Å². The third kappa shape index (κ3) is 2.73. The first-order chi connectivity index (χ1) is 6.90. The van der Waals surface area contributed by atoms with Gasteiger partial charge in [-0.25, -0.2) is 0 Å². The van der Waals surface area contributed by atoms with Crippen LogP contribution < -0.4 is 5.73 Å². The van der Waals surface area contributed by atoms with Crippen LogP contribution in [-0.2, 0) is 0 Å². The van der Waals surface area contributed by atoms with Crippen molar-refractivity contribution in [1.29, 1.82) is 0 Å². The van der Waals surface area contributed by atoms with Gasteiger partial charge >= 0.3 is 0 Å². The average molecular weight is 213 g/mol. The van der Waals surface area contributed by atoms with E-state index in [-0.39, 0.29) is 17.6 Å². The van der Waals surface area contributed by atoms with E-state index in [4.69, 9.17) is 5.73 Å². The molecule has 0 aromatic rings. The van der Waals surface area contributed by atoms with E-state index in [1.165, 1.54) is 6.42 Å². The number of rotatable bonds is 3. The Hall–Kier alpha value is -0.0800. The quantitative estimate of drug-likeness (QED) is 0.757. The molecule has 0 aromatic heterocycles. The fourth-order valence-corrected chi connectivity index (χ4v) is 3.03. The van der Waals surface area contributed by atoms with E-state index in [0.29, 0.717) is 11.8 Å². The van der Waals surface area contributed by atoms with Crippen LogP contribution in [-0.4, -0.2) is 17.3 Å². The number of hydrogen-bond acceptors (Lipinski definition) is 2. The Morgan fingerprint density at radius 3 is 2.47 bits per heavy atom. The standard InChI is InChI=1S/C13H27NO/c1-5-12(14)13(4)7-6-10(9(2)3)11(15)8-13/h9-12,15H,5-8,14H2,1-4H3/t10-,11+,12?,13+/m0/s1. The van der Waals surface area contributed by atoms with Crippen LogP contribution in [0.2, 0.25) is 0 Å². The second-order valence-corrected chi connectivity index (χ2v) is 5.89. The molecule has 0 aliphatic heterocycles. The summed E-state index contributed by atoms with van der Waals surface area (Å²) < 4.78 is 0. The minimum Gasteiger partial charge on any atom is -0.393 e. The van der Waals surface area contributed by atoms with E-state index in [9.17, 15) is 5.11 Å². The average Bonchev–Trinajstić information content (AvgIpc) is 2.15. The number of aliphatic hydroxyl groups excluding tert-OH is 1. The Morgan fingerprint density at radius 1 is 1.47 bits per heavy atom. The molecule has 1 rings (SSSR count). The monoisotopic (exact) mass is 213 g/mol. The summed E-state index contributed by atoms with van der Waals surface area (Å²) in [6.07, 6.45) is 4.03. The Kier molecular flexibility index (Phi) is 4.19. The van der Waals surface area contributed by atoms with Crippen LogP contribution in [0, 0.1) is 17.3 Å². The molecule has 3 N–H and O–H groups in total. The lowest BCUT2D eigenvalue weighted by Crippen LogP contribution is -2.47. The molecule has 0 amide bonds. The molecule has 0 aromatic carbocycles. The Bertz CT molecular complexity index is 205. The van der Waals surface area contributed by atoms with Crippen molar-refractivity contribution in [3.63, 3.8) is 0 Å². The van der Waals surface area contributed by atoms with E-state index in [1.807, 2.05) is 0 Å². The molecule has 15 heavy (non-hydrogen) atoms. The number of aliphatic hydroxyl groups is 1. The lowest BCUT2D eigenvalue weighted by molar-refractivity contribution is -0.0201. The highest BCUT2D eigenvalue weighted by Crippen LogP contribution is 2.43. The van der Waals surface area contributed by atoms with Gasteiger partial charge < -0.3 is 10.8 Å². The van der Waals surface area contributed by atoms with Crippen molar-refractivity contribution in [1.82, 2.24) is 0 Å². The van der Waals surface area contributed by atoms with Crippen molar-refractivity contribution in [2.24, 2.45) is 23.0 Å². The molecule has 1 unspecified atom stereocenters. The Morgan fingerprint density at radius 2 is 2.07 bits per heavy atom. The number of hydrogen-bond donors (Lipinski definition) is 2. The molecule has 1 fully saturated rings. The van der Waals surface area contributed by atoms with Gasteiger partial charge in [-0.05, 0) is 42.9 Å². The zero-order valence-electron chi connectivity index (χ0n) is 10.7. The zero-order chi connectivity index (χ0) is 11.6. The molecule has 1 aliphatic carbocycles. The smallest absolute Gasteiger partial charge is 0.0576 e. The van der Waals surface area contributed by atoms with Crippen molar-refractivity contribution in [3.8, 4) is 0 Å². The van der Waals surface area contributed by atoms with E-state index < -0.39 is 0 Å². The third-order valence-electron chi connectivity index (χ3n) is 4.41. The molecule has 1 saturated carbocycles. The molecule has 2 heteroatoms. The van der Waals surface area contributed by atoms with Gasteiger partial charge in [-0.3, -0.25) is 0 Å². The second-order valence-electron chi connectivity index (χ2n) is 5.89. The molecular formula is C13H27NO. The highest BCUT2D eigenvalue weighted by Gasteiger charge is 2.40. The van der Waals surface area contributed by atoms with Crippen LogP contribution in [0.5, 0.6) is 0 Å². The second kappa shape index (κ2) is 4.84. The van der Waals surface area contributed by atoms with Crippen molar-refractivity contribution in [2.45, 2.75) is 65.5 Å². The molecular weight excluding hydrogens is 186 g/mol. The molecule has 1 aliphatic rings. The fourth-order valence-electron chi connectivity index (χ4n) is 3.03. The van der Waals surface area contributed by atoms with Crippen molar-refractivity contribution < 1.29 is 5.11 Å². The molecule has 0 spiro atoms. The first-order valence-corrected chi connectivity index (χ1v) is 6.34. The lowest BCUT2D eigenvalue weighted by Gasteiger charge is -2.45. The summed E-state index contributed by atoms with van der Waals surface area (Å²) in [7, 11) is 0. The van der Waals surface area contributed by atoms with Crippen LogP contribution in [0.1, 0.15) is 53.4 Å². The van der Waals surface area contributed by atoms with Crippen molar-refractivity contribution in [3.05, 3.63) is 0 Å². The molecule has 0 saturated heterocycles. The maximum Gasteiger partial charge on any atom is 0.0576 e. The lowest BCUT2D eigenvalue weighted by atomic mass is 9.64. The molecule has 4 atom stereocenters. The van der Waals surface area contributed by atoms with Gasteiger partial charge in [0.2, 0.25) is 0 Å². The fraction of sp³-hybridized carbons (Fsp3) is 1.00. The minimum atomic E-state index is -0.152. The maximum atomic E-state index is 10.2. The Balaban J connectivity index is 2.64. The van der Waals surface area contributed by atoms with Gasteiger partial charge in [0.15, 0.2) is 0 Å². The highest BCUT2D eigenvalue weighted by atomic mass is 16.3. The summed E-state index contributed by atoms with van der Waals surface area (Å²) in [5.74, 6) is 1.06. The van der Waals surface area contributed by atoms with Crippen LogP contribution in [0.25, 0.3) is 0 Å². The summed E-state index contributed by atoms with van der Waals surface area (Å²) in [5, 5.41) is 10.2. The summed E-state index contributed by atoms with van der Waals surface area (Å²) in [5.41, 5.74) is 6.31. The third-order valence-corrected chi connectivity index (χ3v) is 4.41. The summed E-state index contributed by atoms with van der Waals surface area (Å²) in [4.78, 5) is 0. The predicted octanol–water partition coefficient (Wildman–Crippen LogP) is 2.55. The van der Waals surface area contributed by atoms with Gasteiger partial charge in [0.05, 0.1) is 6.10 Å². The minimum absolute atomic E-state index is 0.152. The summed E-state index contributed by atoms with van der Waals surface area (Å²) >= 11 is 0. The SMILES string of the molecule is CCC(N)[C@]1(C)CC[C@@H](C(C)C)[C@H](O)C1. The molecule has 0 bridgehead atoms. The van der Waals surface area contributed by atoms with Crippen LogP contribution in [0.3, 0.4) is 0 Å². The van der Waals surface area contributed by atoms with E-state index in [1.54, 1.807) is 0 Å². The molecule has 0 radical (unpaired) electrons. The normalized spacial score (nSPS) is 39.4. The van der Waals surface area contributed by atoms with Gasteiger partial charge in [0, 0.05) is 6.04 Å². The van der Waals surface area contributed by atoms with Crippen LogP contribution in [0.15, 0.2) is 0 Å². The summed E-state index contributed by atoms with van der Waals surface area (Å²) in [6.45, 7) is 8.78.